The lowest BCUT2D eigenvalue weighted by molar-refractivity contribution is -0.455. The molecule has 3 rings (SSSR count). The molecule has 0 aromatic heterocycles. The molecule has 2 aliphatic rings. The van der Waals surface area contributed by atoms with Crippen LogP contribution in [0.5, 0.6) is 0 Å². The molecule has 7 nitrogen and oxygen atoms in total. The molecule has 0 aliphatic carbocycles. The van der Waals surface area contributed by atoms with Crippen molar-refractivity contribution in [3.63, 3.8) is 0 Å². The molecule has 0 radical (unpaired) electrons. The molecule has 0 saturated carbocycles. The molecular formula is C14H15NO6. The first-order chi connectivity index (χ1) is 10.2. The molecule has 0 N–H and O–H groups in total. The summed E-state index contributed by atoms with van der Waals surface area (Å²) in [5.74, 6) is 0. The van der Waals surface area contributed by atoms with Crippen LogP contribution >= 0.6 is 0 Å². The van der Waals surface area contributed by atoms with Crippen molar-refractivity contribution in [2.24, 2.45) is 0 Å². The molecule has 2 heterocycles. The van der Waals surface area contributed by atoms with E-state index in [9.17, 15) is 10.1 Å². The third kappa shape index (κ3) is 2.81. The normalized spacial score (nSPS) is 32.1. The number of benzene rings is 1. The van der Waals surface area contributed by atoms with Gasteiger partial charge in [0.15, 0.2) is 18.7 Å². The van der Waals surface area contributed by atoms with Crippen LogP contribution in [0.25, 0.3) is 0 Å². The van der Waals surface area contributed by atoms with E-state index in [1.54, 1.807) is 0 Å². The molecule has 0 spiro atoms. The second-order valence-electron chi connectivity index (χ2n) is 4.76. The highest BCUT2D eigenvalue weighted by atomic mass is 16.7. The highest BCUT2D eigenvalue weighted by Gasteiger charge is 2.45. The van der Waals surface area contributed by atoms with Crippen LogP contribution in [0.1, 0.15) is 11.9 Å². The number of nitro groups is 1. The van der Waals surface area contributed by atoms with Crippen LogP contribution in [0.3, 0.4) is 0 Å². The first-order valence-electron chi connectivity index (χ1n) is 6.55. The molecule has 1 aromatic carbocycles. The standard InChI is InChI=1S/C14H15NO6/c1-18-12-7-10(15(16)17)13-11(20-12)8-19-14(21-13)9-5-3-2-4-6-9/h2-7,11-14H,8H2,1H3/t11-,12+,13+,14?/m1/s1. The minimum atomic E-state index is -0.773. The van der Waals surface area contributed by atoms with Gasteiger partial charge >= 0.3 is 0 Å². The summed E-state index contributed by atoms with van der Waals surface area (Å²) in [6, 6.07) is 9.29. The van der Waals surface area contributed by atoms with E-state index in [1.807, 2.05) is 30.3 Å². The first-order valence-corrected chi connectivity index (χ1v) is 6.55. The topological polar surface area (TPSA) is 80.1 Å². The van der Waals surface area contributed by atoms with Crippen molar-refractivity contribution in [3.05, 3.63) is 57.8 Å². The van der Waals surface area contributed by atoms with E-state index >= 15 is 0 Å². The average molecular weight is 293 g/mol. The third-order valence-electron chi connectivity index (χ3n) is 3.44. The lowest BCUT2D eigenvalue weighted by atomic mass is 10.1. The van der Waals surface area contributed by atoms with Crippen molar-refractivity contribution >= 4 is 0 Å². The van der Waals surface area contributed by atoms with Crippen molar-refractivity contribution < 1.29 is 23.9 Å². The van der Waals surface area contributed by atoms with Gasteiger partial charge in [-0.25, -0.2) is 0 Å². The Hall–Kier alpha value is -1.80. The minimum Gasteiger partial charge on any atom is -0.352 e. The maximum Gasteiger partial charge on any atom is 0.278 e. The molecule has 112 valence electrons. The van der Waals surface area contributed by atoms with Crippen molar-refractivity contribution in [1.29, 1.82) is 0 Å². The molecule has 1 aromatic rings. The lowest BCUT2D eigenvalue weighted by Gasteiger charge is -2.38. The largest absolute Gasteiger partial charge is 0.352 e. The van der Waals surface area contributed by atoms with Crippen molar-refractivity contribution in [2.45, 2.75) is 24.8 Å². The maximum atomic E-state index is 11.2. The van der Waals surface area contributed by atoms with E-state index in [0.29, 0.717) is 0 Å². The molecule has 1 saturated heterocycles. The van der Waals surface area contributed by atoms with Crippen molar-refractivity contribution in [3.8, 4) is 0 Å². The molecular weight excluding hydrogens is 278 g/mol. The Morgan fingerprint density at radius 3 is 2.71 bits per heavy atom. The van der Waals surface area contributed by atoms with Gasteiger partial charge < -0.3 is 18.9 Å². The van der Waals surface area contributed by atoms with Gasteiger partial charge in [-0.3, -0.25) is 10.1 Å². The number of fused-ring (bicyclic) bond motifs is 1. The Bertz CT molecular complexity index is 546. The maximum absolute atomic E-state index is 11.2. The lowest BCUT2D eigenvalue weighted by Crippen LogP contribution is -2.49. The second kappa shape index (κ2) is 5.90. The Balaban J connectivity index is 1.84. The number of rotatable bonds is 3. The van der Waals surface area contributed by atoms with Gasteiger partial charge in [0.05, 0.1) is 11.5 Å². The molecule has 1 fully saturated rings. The van der Waals surface area contributed by atoms with Gasteiger partial charge in [-0.15, -0.1) is 0 Å². The van der Waals surface area contributed by atoms with Crippen LogP contribution < -0.4 is 0 Å². The SMILES string of the molecule is CO[C@@H]1C=C([N+](=O)[O-])[C@@H]2OC(c3ccccc3)OC[C@H]2O1. The highest BCUT2D eigenvalue weighted by Crippen LogP contribution is 2.34. The fraction of sp³-hybridized carbons (Fsp3) is 0.429. The zero-order valence-electron chi connectivity index (χ0n) is 11.4. The van der Waals surface area contributed by atoms with Gasteiger partial charge in [-0.1, -0.05) is 30.3 Å². The Morgan fingerprint density at radius 1 is 1.29 bits per heavy atom. The van der Waals surface area contributed by atoms with E-state index in [1.165, 1.54) is 13.2 Å². The molecule has 2 aliphatic heterocycles. The van der Waals surface area contributed by atoms with E-state index < -0.39 is 29.7 Å². The Labute approximate surface area is 121 Å². The zero-order chi connectivity index (χ0) is 14.8. The summed E-state index contributed by atoms with van der Waals surface area (Å²) < 4.78 is 21.9. The summed E-state index contributed by atoms with van der Waals surface area (Å²) in [5, 5.41) is 11.2. The van der Waals surface area contributed by atoms with Gasteiger partial charge in [0.25, 0.3) is 5.70 Å². The van der Waals surface area contributed by atoms with E-state index in [2.05, 4.69) is 0 Å². The second-order valence-corrected chi connectivity index (χ2v) is 4.76. The summed E-state index contributed by atoms with van der Waals surface area (Å²) in [4.78, 5) is 10.8. The summed E-state index contributed by atoms with van der Waals surface area (Å²) in [5.41, 5.74) is 0.759. The summed E-state index contributed by atoms with van der Waals surface area (Å²) >= 11 is 0. The average Bonchev–Trinajstić information content (AvgIpc) is 2.54. The predicted octanol–water partition coefficient (Wildman–Crippen LogP) is 1.63. The van der Waals surface area contributed by atoms with Crippen LogP contribution in [0.15, 0.2) is 42.1 Å². The van der Waals surface area contributed by atoms with Crippen LogP contribution in [0.2, 0.25) is 0 Å². The summed E-state index contributed by atoms with van der Waals surface area (Å²) in [7, 11) is 1.43. The number of hydrogen-bond donors (Lipinski definition) is 0. The van der Waals surface area contributed by atoms with E-state index in [0.717, 1.165) is 5.56 Å². The van der Waals surface area contributed by atoms with E-state index in [4.69, 9.17) is 18.9 Å². The Morgan fingerprint density at radius 2 is 2.05 bits per heavy atom. The first kappa shape index (κ1) is 14.2. The quantitative estimate of drug-likeness (QED) is 0.622. The van der Waals surface area contributed by atoms with Crippen LogP contribution in [0, 0.1) is 10.1 Å². The molecule has 0 amide bonds. The predicted molar refractivity (Wildman–Crippen MR) is 70.8 cm³/mol. The zero-order valence-corrected chi connectivity index (χ0v) is 11.4. The fourth-order valence-electron chi connectivity index (χ4n) is 2.42. The van der Waals surface area contributed by atoms with Crippen LogP contribution in [-0.2, 0) is 18.9 Å². The highest BCUT2D eigenvalue weighted by molar-refractivity contribution is 5.18. The van der Waals surface area contributed by atoms with Crippen LogP contribution in [0.4, 0.5) is 0 Å². The smallest absolute Gasteiger partial charge is 0.278 e. The number of hydrogen-bond acceptors (Lipinski definition) is 6. The Kier molecular flexibility index (Phi) is 3.98. The number of ether oxygens (including phenoxy) is 4. The van der Waals surface area contributed by atoms with Gasteiger partial charge in [0.1, 0.15) is 6.10 Å². The summed E-state index contributed by atoms with van der Waals surface area (Å²) in [6.45, 7) is 0.204. The van der Waals surface area contributed by atoms with Crippen LogP contribution in [-0.4, -0.2) is 37.1 Å². The molecule has 4 atom stereocenters. The summed E-state index contributed by atoms with van der Waals surface area (Å²) in [6.07, 6.45) is -1.40. The van der Waals surface area contributed by atoms with Gasteiger partial charge in [0.2, 0.25) is 0 Å². The number of nitrogens with zero attached hydrogens (tertiary/aromatic N) is 1. The molecule has 0 bridgehead atoms. The van der Waals surface area contributed by atoms with Gasteiger partial charge in [-0.05, 0) is 0 Å². The van der Waals surface area contributed by atoms with Crippen molar-refractivity contribution in [1.82, 2.24) is 0 Å². The number of methoxy groups -OCH3 is 1. The molecule has 1 unspecified atom stereocenters. The third-order valence-corrected chi connectivity index (χ3v) is 3.44. The van der Waals surface area contributed by atoms with E-state index in [-0.39, 0.29) is 12.3 Å². The molecule has 7 heteroatoms. The van der Waals surface area contributed by atoms with Gasteiger partial charge in [-0.2, -0.15) is 0 Å². The molecule has 21 heavy (non-hydrogen) atoms. The van der Waals surface area contributed by atoms with Gasteiger partial charge in [0, 0.05) is 18.7 Å². The monoisotopic (exact) mass is 293 g/mol. The minimum absolute atomic E-state index is 0.0534. The van der Waals surface area contributed by atoms with Crippen molar-refractivity contribution in [2.75, 3.05) is 13.7 Å². The fourth-order valence-corrected chi connectivity index (χ4v) is 2.42.